The first-order valence-electron chi connectivity index (χ1n) is 7.94. The van der Waals surface area contributed by atoms with Crippen LogP contribution in [0.2, 0.25) is 0 Å². The number of aromatic nitrogens is 3. The second kappa shape index (κ2) is 5.97. The van der Waals surface area contributed by atoms with E-state index in [-0.39, 0.29) is 11.6 Å². The molecule has 126 valence electrons. The fourth-order valence-corrected chi connectivity index (χ4v) is 3.13. The van der Waals surface area contributed by atoms with Crippen molar-refractivity contribution in [2.45, 2.75) is 0 Å². The number of nitrogen functional groups attached to an aromatic ring is 1. The third kappa shape index (κ3) is 2.47. The van der Waals surface area contributed by atoms with E-state index in [1.165, 1.54) is 12.1 Å². The molecule has 1 aromatic carbocycles. The average Bonchev–Trinajstić information content (AvgIpc) is 2.98. The molecule has 5 nitrogen and oxygen atoms in total. The Kier molecular flexibility index (Phi) is 3.63. The van der Waals surface area contributed by atoms with Gasteiger partial charge < -0.3 is 10.3 Å². The van der Waals surface area contributed by atoms with Crippen LogP contribution in [-0.2, 0) is 7.05 Å². The number of hydrogen-bond donors (Lipinski definition) is 1. The number of halogens is 1. The van der Waals surface area contributed by atoms with Gasteiger partial charge in [-0.1, -0.05) is 0 Å². The SMILES string of the molecule is Cn1cc(-c2cc(-c3cccnc3)nc(N)c2C#N)c2ccc(F)cc21. The lowest BCUT2D eigenvalue weighted by atomic mass is 9.98. The van der Waals surface area contributed by atoms with Crippen LogP contribution in [0.5, 0.6) is 0 Å². The zero-order chi connectivity index (χ0) is 18.3. The molecule has 0 spiro atoms. The molecule has 0 bridgehead atoms. The molecular formula is C20H14FN5. The highest BCUT2D eigenvalue weighted by molar-refractivity contribution is 5.98. The van der Waals surface area contributed by atoms with E-state index >= 15 is 0 Å². The van der Waals surface area contributed by atoms with Crippen molar-refractivity contribution in [3.8, 4) is 28.5 Å². The van der Waals surface area contributed by atoms with E-state index in [0.29, 0.717) is 16.8 Å². The minimum Gasteiger partial charge on any atom is -0.383 e. The van der Waals surface area contributed by atoms with Gasteiger partial charge in [0.25, 0.3) is 0 Å². The number of nitrogens with two attached hydrogens (primary N) is 1. The number of nitriles is 1. The van der Waals surface area contributed by atoms with Crippen LogP contribution in [0.4, 0.5) is 10.2 Å². The third-order valence-electron chi connectivity index (χ3n) is 4.36. The molecule has 2 N–H and O–H groups in total. The second-order valence-electron chi connectivity index (χ2n) is 5.98. The molecule has 4 aromatic rings. The molecule has 0 saturated heterocycles. The van der Waals surface area contributed by atoms with Crippen LogP contribution in [0.15, 0.2) is 55.0 Å². The van der Waals surface area contributed by atoms with Crippen molar-refractivity contribution in [1.82, 2.24) is 14.5 Å². The maximum absolute atomic E-state index is 13.6. The highest BCUT2D eigenvalue weighted by Gasteiger charge is 2.17. The van der Waals surface area contributed by atoms with Gasteiger partial charge in [0.1, 0.15) is 23.3 Å². The first kappa shape index (κ1) is 15.8. The molecule has 0 atom stereocenters. The van der Waals surface area contributed by atoms with Crippen LogP contribution in [0.3, 0.4) is 0 Å². The summed E-state index contributed by atoms with van der Waals surface area (Å²) in [7, 11) is 1.84. The fourth-order valence-electron chi connectivity index (χ4n) is 3.13. The third-order valence-corrected chi connectivity index (χ3v) is 4.36. The van der Waals surface area contributed by atoms with E-state index < -0.39 is 0 Å². The van der Waals surface area contributed by atoms with Gasteiger partial charge in [-0.3, -0.25) is 4.98 Å². The first-order valence-corrected chi connectivity index (χ1v) is 7.94. The number of aryl methyl sites for hydroxylation is 1. The van der Waals surface area contributed by atoms with Gasteiger partial charge in [0, 0.05) is 47.7 Å². The second-order valence-corrected chi connectivity index (χ2v) is 5.98. The van der Waals surface area contributed by atoms with Crippen molar-refractivity contribution in [3.05, 3.63) is 66.4 Å². The Bertz CT molecular complexity index is 1170. The number of hydrogen-bond acceptors (Lipinski definition) is 4. The molecule has 6 heteroatoms. The summed E-state index contributed by atoms with van der Waals surface area (Å²) in [6.45, 7) is 0. The van der Waals surface area contributed by atoms with Gasteiger partial charge in [0.2, 0.25) is 0 Å². The Morgan fingerprint density at radius 3 is 2.77 bits per heavy atom. The van der Waals surface area contributed by atoms with Crippen molar-refractivity contribution in [2.24, 2.45) is 7.05 Å². The topological polar surface area (TPSA) is 80.5 Å². The van der Waals surface area contributed by atoms with E-state index in [2.05, 4.69) is 16.0 Å². The van der Waals surface area contributed by atoms with E-state index in [9.17, 15) is 9.65 Å². The lowest BCUT2D eigenvalue weighted by Gasteiger charge is -2.09. The van der Waals surface area contributed by atoms with Crippen molar-refractivity contribution < 1.29 is 4.39 Å². The minimum absolute atomic E-state index is 0.156. The van der Waals surface area contributed by atoms with Crippen molar-refractivity contribution in [2.75, 3.05) is 5.73 Å². The molecule has 0 aliphatic heterocycles. The Balaban J connectivity index is 2.03. The summed E-state index contributed by atoms with van der Waals surface area (Å²) < 4.78 is 15.4. The number of rotatable bonds is 2. The van der Waals surface area contributed by atoms with Crippen molar-refractivity contribution in [3.63, 3.8) is 0 Å². The highest BCUT2D eigenvalue weighted by atomic mass is 19.1. The number of nitrogens with zero attached hydrogens (tertiary/aromatic N) is 4. The Morgan fingerprint density at radius 1 is 1.19 bits per heavy atom. The summed E-state index contributed by atoms with van der Waals surface area (Å²) in [6.07, 6.45) is 5.24. The molecule has 0 aliphatic carbocycles. The van der Waals surface area contributed by atoms with Crippen molar-refractivity contribution in [1.29, 1.82) is 5.26 Å². The molecule has 26 heavy (non-hydrogen) atoms. The Labute approximate surface area is 149 Å². The lowest BCUT2D eigenvalue weighted by molar-refractivity contribution is 0.629. The molecular weight excluding hydrogens is 329 g/mol. The molecule has 0 unspecified atom stereocenters. The van der Waals surface area contributed by atoms with Gasteiger partial charge in [-0.05, 0) is 36.4 Å². The highest BCUT2D eigenvalue weighted by Crippen LogP contribution is 2.36. The monoisotopic (exact) mass is 343 g/mol. The first-order chi connectivity index (χ1) is 12.6. The van der Waals surface area contributed by atoms with Gasteiger partial charge >= 0.3 is 0 Å². The number of benzene rings is 1. The molecule has 0 aliphatic rings. The lowest BCUT2D eigenvalue weighted by Crippen LogP contribution is -1.99. The van der Waals surface area contributed by atoms with Crippen LogP contribution in [0, 0.1) is 17.1 Å². The molecule has 3 aromatic heterocycles. The average molecular weight is 343 g/mol. The molecule has 0 saturated carbocycles. The maximum atomic E-state index is 13.6. The van der Waals surface area contributed by atoms with Gasteiger partial charge in [0.05, 0.1) is 11.2 Å². The van der Waals surface area contributed by atoms with Crippen LogP contribution in [-0.4, -0.2) is 14.5 Å². The Hall–Kier alpha value is -3.72. The Morgan fingerprint density at radius 2 is 2.04 bits per heavy atom. The van der Waals surface area contributed by atoms with Gasteiger partial charge in [-0.25, -0.2) is 9.37 Å². The summed E-state index contributed by atoms with van der Waals surface area (Å²) in [4.78, 5) is 8.46. The largest absolute Gasteiger partial charge is 0.383 e. The van der Waals surface area contributed by atoms with Gasteiger partial charge in [-0.15, -0.1) is 0 Å². The predicted octanol–water partition coefficient (Wildman–Crippen LogP) is 3.90. The van der Waals surface area contributed by atoms with E-state index in [0.717, 1.165) is 22.0 Å². The minimum atomic E-state index is -0.309. The van der Waals surface area contributed by atoms with Crippen molar-refractivity contribution >= 4 is 16.7 Å². The standard InChI is InChI=1S/C20H14FN5/c1-26-11-17(14-5-4-13(21)7-19(14)26)15-8-18(12-3-2-6-24-10-12)25-20(23)16(15)9-22/h2-8,10-11H,1H3,(H2,23,25). The zero-order valence-electron chi connectivity index (χ0n) is 13.9. The van der Waals surface area contributed by atoms with E-state index in [1.807, 2.05) is 36.0 Å². The number of anilines is 1. The summed E-state index contributed by atoms with van der Waals surface area (Å²) in [5.41, 5.74) is 10.00. The molecule has 4 rings (SSSR count). The molecule has 0 radical (unpaired) electrons. The van der Waals surface area contributed by atoms with Crippen LogP contribution < -0.4 is 5.73 Å². The van der Waals surface area contributed by atoms with E-state index in [4.69, 9.17) is 5.73 Å². The quantitative estimate of drug-likeness (QED) is 0.598. The van der Waals surface area contributed by atoms with Crippen LogP contribution in [0.1, 0.15) is 5.56 Å². The summed E-state index contributed by atoms with van der Waals surface area (Å²) >= 11 is 0. The molecule has 0 amide bonds. The maximum Gasteiger partial charge on any atom is 0.142 e. The number of pyridine rings is 2. The smallest absolute Gasteiger partial charge is 0.142 e. The van der Waals surface area contributed by atoms with Gasteiger partial charge in [-0.2, -0.15) is 5.26 Å². The summed E-state index contributed by atoms with van der Waals surface area (Å²) in [5, 5.41) is 10.4. The van der Waals surface area contributed by atoms with Gasteiger partial charge in [0.15, 0.2) is 0 Å². The predicted molar refractivity (Wildman–Crippen MR) is 98.5 cm³/mol. The fraction of sp³-hybridized carbons (Fsp3) is 0.0500. The summed E-state index contributed by atoms with van der Waals surface area (Å²) in [6, 6.07) is 12.2. The normalized spacial score (nSPS) is 10.8. The summed E-state index contributed by atoms with van der Waals surface area (Å²) in [5.74, 6) is -0.154. The molecule has 3 heterocycles. The zero-order valence-corrected chi connectivity index (χ0v) is 13.9. The number of fused-ring (bicyclic) bond motifs is 1. The van der Waals surface area contributed by atoms with Crippen LogP contribution in [0.25, 0.3) is 33.3 Å². The van der Waals surface area contributed by atoms with Crippen LogP contribution >= 0.6 is 0 Å². The van der Waals surface area contributed by atoms with E-state index in [1.54, 1.807) is 18.5 Å². The molecule has 0 fully saturated rings.